The van der Waals surface area contributed by atoms with Crippen molar-refractivity contribution in [3.63, 3.8) is 0 Å². The van der Waals surface area contributed by atoms with Crippen LogP contribution in [-0.2, 0) is 4.79 Å². The van der Waals surface area contributed by atoms with Gasteiger partial charge in [-0.1, -0.05) is 0 Å². The lowest BCUT2D eigenvalue weighted by atomic mass is 10.1. The second kappa shape index (κ2) is 3.44. The van der Waals surface area contributed by atoms with Gasteiger partial charge in [-0.15, -0.1) is 10.2 Å². The number of nitrogens with one attached hydrogen (secondary N) is 1. The largest absolute Gasteiger partial charge is 0.480 e. The Labute approximate surface area is 91.1 Å². The Kier molecular flexibility index (Phi) is 2.22. The molecule has 2 N–H and O–H groups in total. The maximum atomic E-state index is 11.0. The average Bonchev–Trinajstić information content (AvgIpc) is 2.65. The molecular weight excluding hydrogens is 210 g/mol. The Bertz CT molecular complexity index is 533. The number of hydrogen-bond donors (Lipinski definition) is 2. The highest BCUT2D eigenvalue weighted by Gasteiger charge is 2.28. The summed E-state index contributed by atoms with van der Waals surface area (Å²) >= 11 is 0. The fourth-order valence-electron chi connectivity index (χ4n) is 1.20. The van der Waals surface area contributed by atoms with Gasteiger partial charge in [-0.25, -0.2) is 9.78 Å². The number of rotatable bonds is 3. The topological polar surface area (TPSA) is 92.4 Å². The molecule has 0 amide bonds. The molecule has 0 unspecified atom stereocenters. The Hall–Kier alpha value is -2.18. The van der Waals surface area contributed by atoms with Crippen LogP contribution in [0.25, 0.3) is 5.65 Å². The van der Waals surface area contributed by atoms with Crippen LogP contribution in [0.1, 0.15) is 13.8 Å². The molecule has 16 heavy (non-hydrogen) atoms. The van der Waals surface area contributed by atoms with Crippen molar-refractivity contribution in [2.24, 2.45) is 0 Å². The third-order valence-corrected chi connectivity index (χ3v) is 2.18. The van der Waals surface area contributed by atoms with E-state index in [1.54, 1.807) is 30.6 Å². The molecule has 84 valence electrons. The molecule has 0 aliphatic heterocycles. The van der Waals surface area contributed by atoms with Gasteiger partial charge in [0.05, 0.1) is 0 Å². The first-order valence-corrected chi connectivity index (χ1v) is 4.66. The Morgan fingerprint density at radius 3 is 3.00 bits per heavy atom. The molecule has 2 aromatic rings. The molecule has 0 spiro atoms. The highest BCUT2D eigenvalue weighted by atomic mass is 16.4. The minimum absolute atomic E-state index is 0.396. The molecule has 2 aromatic heterocycles. The second-order valence-corrected chi connectivity index (χ2v) is 3.89. The molecule has 0 aliphatic carbocycles. The maximum Gasteiger partial charge on any atom is 0.328 e. The van der Waals surface area contributed by atoms with Crippen LogP contribution in [-0.4, -0.2) is 36.2 Å². The first-order chi connectivity index (χ1) is 7.50. The van der Waals surface area contributed by atoms with Gasteiger partial charge in [0.1, 0.15) is 11.9 Å². The number of aliphatic carboxylic acids is 1. The Balaban J connectivity index is 2.41. The molecule has 0 aliphatic rings. The van der Waals surface area contributed by atoms with E-state index in [2.05, 4.69) is 20.5 Å². The first-order valence-electron chi connectivity index (χ1n) is 4.66. The van der Waals surface area contributed by atoms with Crippen LogP contribution in [0.5, 0.6) is 0 Å². The van der Waals surface area contributed by atoms with E-state index in [9.17, 15) is 4.79 Å². The lowest BCUT2D eigenvalue weighted by Gasteiger charge is -2.21. The molecule has 0 atom stereocenters. The third kappa shape index (κ3) is 1.67. The summed E-state index contributed by atoms with van der Waals surface area (Å²) in [5.74, 6) is -0.566. The number of carboxylic acids is 1. The van der Waals surface area contributed by atoms with Gasteiger partial charge in [0.2, 0.25) is 5.65 Å². The van der Waals surface area contributed by atoms with Crippen LogP contribution in [0.4, 0.5) is 5.82 Å². The number of hydrogen-bond acceptors (Lipinski definition) is 5. The van der Waals surface area contributed by atoms with Crippen molar-refractivity contribution in [1.82, 2.24) is 19.6 Å². The number of nitrogens with zero attached hydrogens (tertiary/aromatic N) is 4. The molecular formula is C9H11N5O2. The SMILES string of the molecule is CC(C)(Nc1nccn2cnnc12)C(=O)O. The summed E-state index contributed by atoms with van der Waals surface area (Å²) in [5.41, 5.74) is -0.613. The fraction of sp³-hybridized carbons (Fsp3) is 0.333. The molecule has 0 bridgehead atoms. The van der Waals surface area contributed by atoms with Crippen molar-refractivity contribution < 1.29 is 9.90 Å². The van der Waals surface area contributed by atoms with Gasteiger partial charge in [0.15, 0.2) is 5.82 Å². The van der Waals surface area contributed by atoms with Gasteiger partial charge >= 0.3 is 5.97 Å². The summed E-state index contributed by atoms with van der Waals surface area (Å²) in [6.07, 6.45) is 4.76. The lowest BCUT2D eigenvalue weighted by Crippen LogP contribution is -2.40. The van der Waals surface area contributed by atoms with Crippen molar-refractivity contribution in [1.29, 1.82) is 0 Å². The molecule has 0 saturated carbocycles. The monoisotopic (exact) mass is 221 g/mol. The predicted octanol–water partition coefficient (Wildman–Crippen LogP) is 0.399. The van der Waals surface area contributed by atoms with E-state index >= 15 is 0 Å². The van der Waals surface area contributed by atoms with Gasteiger partial charge in [0.25, 0.3) is 0 Å². The van der Waals surface area contributed by atoms with Crippen LogP contribution >= 0.6 is 0 Å². The number of carbonyl (C=O) groups is 1. The molecule has 0 aromatic carbocycles. The number of aromatic nitrogens is 4. The second-order valence-electron chi connectivity index (χ2n) is 3.89. The van der Waals surface area contributed by atoms with Crippen LogP contribution < -0.4 is 5.32 Å². The zero-order valence-electron chi connectivity index (χ0n) is 8.88. The highest BCUT2D eigenvalue weighted by Crippen LogP contribution is 2.16. The molecule has 0 fully saturated rings. The standard InChI is InChI=1S/C9H11N5O2/c1-9(2,8(15)16)12-6-7-13-11-5-14(7)4-3-10-6/h3-5H,1-2H3,(H,10,12)(H,15,16). The van der Waals surface area contributed by atoms with E-state index in [0.717, 1.165) is 0 Å². The number of carboxylic acid groups (broad SMARTS) is 1. The third-order valence-electron chi connectivity index (χ3n) is 2.18. The minimum Gasteiger partial charge on any atom is -0.480 e. The van der Waals surface area contributed by atoms with Gasteiger partial charge in [-0.05, 0) is 13.8 Å². The molecule has 0 radical (unpaired) electrons. The quantitative estimate of drug-likeness (QED) is 0.779. The molecule has 0 saturated heterocycles. The van der Waals surface area contributed by atoms with Crippen molar-refractivity contribution in [3.8, 4) is 0 Å². The van der Waals surface area contributed by atoms with Gasteiger partial charge < -0.3 is 10.4 Å². The van der Waals surface area contributed by atoms with Crippen molar-refractivity contribution >= 4 is 17.4 Å². The van der Waals surface area contributed by atoms with E-state index in [1.807, 2.05) is 0 Å². The van der Waals surface area contributed by atoms with Crippen molar-refractivity contribution in [2.75, 3.05) is 5.32 Å². The number of anilines is 1. The van der Waals surface area contributed by atoms with Crippen LogP contribution in [0.15, 0.2) is 18.7 Å². The van der Waals surface area contributed by atoms with Crippen LogP contribution in [0.2, 0.25) is 0 Å². The van der Waals surface area contributed by atoms with Gasteiger partial charge in [0, 0.05) is 12.4 Å². The summed E-state index contributed by atoms with van der Waals surface area (Å²) in [6, 6.07) is 0. The minimum atomic E-state index is -1.11. The maximum absolute atomic E-state index is 11.0. The van der Waals surface area contributed by atoms with Crippen LogP contribution in [0.3, 0.4) is 0 Å². The van der Waals surface area contributed by atoms with Crippen molar-refractivity contribution in [3.05, 3.63) is 18.7 Å². The molecule has 7 nitrogen and oxygen atoms in total. The molecule has 2 heterocycles. The normalized spacial score (nSPS) is 11.6. The van der Waals surface area contributed by atoms with E-state index in [-0.39, 0.29) is 0 Å². The zero-order valence-corrected chi connectivity index (χ0v) is 8.88. The lowest BCUT2D eigenvalue weighted by molar-refractivity contribution is -0.141. The summed E-state index contributed by atoms with van der Waals surface area (Å²) in [7, 11) is 0. The predicted molar refractivity (Wildman–Crippen MR) is 56.1 cm³/mol. The summed E-state index contributed by atoms with van der Waals surface area (Å²) < 4.78 is 1.66. The first kappa shape index (κ1) is 10.3. The van der Waals surface area contributed by atoms with Crippen LogP contribution in [0, 0.1) is 0 Å². The average molecular weight is 221 g/mol. The highest BCUT2D eigenvalue weighted by molar-refractivity contribution is 5.82. The van der Waals surface area contributed by atoms with Gasteiger partial charge in [-0.3, -0.25) is 4.40 Å². The summed E-state index contributed by atoms with van der Waals surface area (Å²) in [6.45, 7) is 3.10. The molecule has 2 rings (SSSR count). The Morgan fingerprint density at radius 2 is 2.31 bits per heavy atom. The molecule has 7 heteroatoms. The fourth-order valence-corrected chi connectivity index (χ4v) is 1.20. The van der Waals surface area contributed by atoms with E-state index in [0.29, 0.717) is 11.5 Å². The van der Waals surface area contributed by atoms with Gasteiger partial charge in [-0.2, -0.15) is 0 Å². The van der Waals surface area contributed by atoms with Crippen molar-refractivity contribution in [2.45, 2.75) is 19.4 Å². The van der Waals surface area contributed by atoms with E-state index < -0.39 is 11.5 Å². The van der Waals surface area contributed by atoms with E-state index in [1.165, 1.54) is 6.33 Å². The number of fused-ring (bicyclic) bond motifs is 1. The zero-order chi connectivity index (χ0) is 11.8. The summed E-state index contributed by atoms with van der Waals surface area (Å²) in [5, 5.41) is 19.4. The van der Waals surface area contributed by atoms with E-state index in [4.69, 9.17) is 5.11 Å². The smallest absolute Gasteiger partial charge is 0.328 e. The Morgan fingerprint density at radius 1 is 1.56 bits per heavy atom. The summed E-state index contributed by atoms with van der Waals surface area (Å²) in [4.78, 5) is 15.0.